The SMILES string of the molecule is Cc1cc(NC(=O)c2cnco2)ccn1.Cl. The molecule has 0 unspecified atom stereocenters. The smallest absolute Gasteiger partial charge is 0.293 e. The fourth-order valence-corrected chi connectivity index (χ4v) is 1.14. The summed E-state index contributed by atoms with van der Waals surface area (Å²) in [5, 5.41) is 2.67. The van der Waals surface area contributed by atoms with Gasteiger partial charge in [-0.3, -0.25) is 9.78 Å². The molecule has 2 aromatic rings. The van der Waals surface area contributed by atoms with Crippen LogP contribution < -0.4 is 5.32 Å². The number of anilines is 1. The first-order valence-electron chi connectivity index (χ1n) is 4.38. The van der Waals surface area contributed by atoms with Crippen LogP contribution in [0.25, 0.3) is 0 Å². The van der Waals surface area contributed by atoms with Crippen molar-refractivity contribution in [2.24, 2.45) is 0 Å². The van der Waals surface area contributed by atoms with E-state index in [1.165, 1.54) is 12.6 Å². The number of carbonyl (C=O) groups excluding carboxylic acids is 1. The van der Waals surface area contributed by atoms with Gasteiger partial charge in [0.15, 0.2) is 6.39 Å². The molecule has 0 spiro atoms. The van der Waals surface area contributed by atoms with Gasteiger partial charge in [0, 0.05) is 17.6 Å². The van der Waals surface area contributed by atoms with Crippen LogP contribution in [0.3, 0.4) is 0 Å². The van der Waals surface area contributed by atoms with Gasteiger partial charge >= 0.3 is 0 Å². The molecule has 0 fully saturated rings. The molecule has 2 aromatic heterocycles. The summed E-state index contributed by atoms with van der Waals surface area (Å²) in [7, 11) is 0. The molecule has 16 heavy (non-hydrogen) atoms. The summed E-state index contributed by atoms with van der Waals surface area (Å²) in [6, 6.07) is 3.48. The van der Waals surface area contributed by atoms with Crippen molar-refractivity contribution in [2.75, 3.05) is 5.32 Å². The van der Waals surface area contributed by atoms with E-state index in [9.17, 15) is 4.79 Å². The quantitative estimate of drug-likeness (QED) is 0.871. The van der Waals surface area contributed by atoms with Crippen molar-refractivity contribution < 1.29 is 9.21 Å². The van der Waals surface area contributed by atoms with Crippen LogP contribution in [0, 0.1) is 6.92 Å². The van der Waals surface area contributed by atoms with E-state index in [2.05, 4.69) is 15.3 Å². The standard InChI is InChI=1S/C10H9N3O2.ClH/c1-7-4-8(2-3-12-7)13-10(14)9-5-11-6-15-9;/h2-6H,1H3,(H,12,13,14);1H. The van der Waals surface area contributed by atoms with Crippen molar-refractivity contribution in [2.45, 2.75) is 6.92 Å². The van der Waals surface area contributed by atoms with E-state index in [-0.39, 0.29) is 24.1 Å². The van der Waals surface area contributed by atoms with Crippen molar-refractivity contribution in [1.82, 2.24) is 9.97 Å². The summed E-state index contributed by atoms with van der Waals surface area (Å²) < 4.78 is 4.86. The lowest BCUT2D eigenvalue weighted by Gasteiger charge is -2.02. The van der Waals surface area contributed by atoms with Gasteiger partial charge in [0.2, 0.25) is 5.76 Å². The molecule has 2 rings (SSSR count). The minimum atomic E-state index is -0.321. The maximum atomic E-state index is 11.5. The molecule has 0 bridgehead atoms. The number of pyridine rings is 1. The molecule has 1 amide bonds. The Hall–Kier alpha value is -1.88. The third-order valence-corrected chi connectivity index (χ3v) is 1.81. The molecule has 0 aromatic carbocycles. The molecule has 6 heteroatoms. The molecule has 2 heterocycles. The molecule has 5 nitrogen and oxygen atoms in total. The van der Waals surface area contributed by atoms with E-state index >= 15 is 0 Å². The van der Waals surface area contributed by atoms with Crippen LogP contribution in [0.4, 0.5) is 5.69 Å². The summed E-state index contributed by atoms with van der Waals surface area (Å²) in [5.41, 5.74) is 1.52. The first kappa shape index (κ1) is 12.2. The Kier molecular flexibility index (Phi) is 4.02. The Morgan fingerprint density at radius 3 is 2.94 bits per heavy atom. The highest BCUT2D eigenvalue weighted by molar-refractivity contribution is 6.01. The lowest BCUT2D eigenvalue weighted by Crippen LogP contribution is -2.10. The van der Waals surface area contributed by atoms with Gasteiger partial charge in [-0.1, -0.05) is 0 Å². The third-order valence-electron chi connectivity index (χ3n) is 1.81. The average molecular weight is 240 g/mol. The molecule has 0 aliphatic carbocycles. The van der Waals surface area contributed by atoms with Gasteiger partial charge < -0.3 is 9.73 Å². The molecule has 0 atom stereocenters. The van der Waals surface area contributed by atoms with E-state index in [0.717, 1.165) is 5.69 Å². The Labute approximate surface area is 98.3 Å². The Morgan fingerprint density at radius 1 is 1.50 bits per heavy atom. The van der Waals surface area contributed by atoms with Gasteiger partial charge in [0.1, 0.15) is 0 Å². The number of rotatable bonds is 2. The predicted octanol–water partition coefficient (Wildman–Crippen LogP) is 2.05. The molecule has 0 saturated heterocycles. The highest BCUT2D eigenvalue weighted by Crippen LogP contribution is 2.09. The minimum absolute atomic E-state index is 0. The lowest BCUT2D eigenvalue weighted by molar-refractivity contribution is 0.0996. The Morgan fingerprint density at radius 2 is 2.31 bits per heavy atom. The zero-order valence-corrected chi connectivity index (χ0v) is 9.32. The molecule has 84 valence electrons. The number of carbonyl (C=O) groups is 1. The Bertz CT molecular complexity index is 471. The normalized spacial score (nSPS) is 9.31. The van der Waals surface area contributed by atoms with Crippen LogP contribution in [-0.2, 0) is 0 Å². The van der Waals surface area contributed by atoms with Crippen LogP contribution >= 0.6 is 12.4 Å². The molecule has 0 aliphatic heterocycles. The second kappa shape index (κ2) is 5.27. The fourth-order valence-electron chi connectivity index (χ4n) is 1.14. The summed E-state index contributed by atoms with van der Waals surface area (Å²) in [4.78, 5) is 19.2. The molecular formula is C10H10ClN3O2. The minimum Gasteiger partial charge on any atom is -0.438 e. The first-order valence-corrected chi connectivity index (χ1v) is 4.38. The second-order valence-corrected chi connectivity index (χ2v) is 3.01. The number of nitrogens with one attached hydrogen (secondary N) is 1. The topological polar surface area (TPSA) is 68.0 Å². The van der Waals surface area contributed by atoms with E-state index in [0.29, 0.717) is 5.69 Å². The van der Waals surface area contributed by atoms with E-state index in [4.69, 9.17) is 4.42 Å². The highest BCUT2D eigenvalue weighted by Gasteiger charge is 2.08. The van der Waals surface area contributed by atoms with Crippen molar-refractivity contribution >= 4 is 24.0 Å². The van der Waals surface area contributed by atoms with Crippen LogP contribution in [-0.4, -0.2) is 15.9 Å². The Balaban J connectivity index is 0.00000128. The number of hydrogen-bond donors (Lipinski definition) is 1. The zero-order valence-electron chi connectivity index (χ0n) is 8.51. The van der Waals surface area contributed by atoms with Gasteiger partial charge in [0.25, 0.3) is 5.91 Å². The van der Waals surface area contributed by atoms with Crippen LogP contribution in [0.1, 0.15) is 16.2 Å². The largest absolute Gasteiger partial charge is 0.438 e. The van der Waals surface area contributed by atoms with Crippen LogP contribution in [0.15, 0.2) is 35.3 Å². The molecular weight excluding hydrogens is 230 g/mol. The lowest BCUT2D eigenvalue weighted by atomic mass is 10.3. The third kappa shape index (κ3) is 2.80. The molecule has 0 saturated carbocycles. The maximum absolute atomic E-state index is 11.5. The summed E-state index contributed by atoms with van der Waals surface area (Å²) in [6.45, 7) is 1.85. The zero-order chi connectivity index (χ0) is 10.7. The number of aromatic nitrogens is 2. The van der Waals surface area contributed by atoms with Gasteiger partial charge in [0.05, 0.1) is 6.20 Å². The molecule has 1 N–H and O–H groups in total. The number of hydrogen-bond acceptors (Lipinski definition) is 4. The number of oxazole rings is 1. The summed E-state index contributed by atoms with van der Waals surface area (Å²) in [5.74, 6) is -0.137. The van der Waals surface area contributed by atoms with Crippen molar-refractivity contribution in [3.8, 4) is 0 Å². The number of aryl methyl sites for hydroxylation is 1. The van der Waals surface area contributed by atoms with Gasteiger partial charge in [-0.2, -0.15) is 0 Å². The van der Waals surface area contributed by atoms with E-state index < -0.39 is 0 Å². The highest BCUT2D eigenvalue weighted by atomic mass is 35.5. The van der Waals surface area contributed by atoms with Crippen molar-refractivity contribution in [3.05, 3.63) is 42.4 Å². The monoisotopic (exact) mass is 239 g/mol. The number of amides is 1. The van der Waals surface area contributed by atoms with E-state index in [1.807, 2.05) is 6.92 Å². The first-order chi connectivity index (χ1) is 7.25. The summed E-state index contributed by atoms with van der Waals surface area (Å²) in [6.07, 6.45) is 4.21. The fraction of sp³-hybridized carbons (Fsp3) is 0.100. The van der Waals surface area contributed by atoms with Gasteiger partial charge in [-0.05, 0) is 19.1 Å². The number of halogens is 1. The van der Waals surface area contributed by atoms with Crippen molar-refractivity contribution in [3.63, 3.8) is 0 Å². The van der Waals surface area contributed by atoms with Crippen LogP contribution in [0.5, 0.6) is 0 Å². The summed E-state index contributed by atoms with van der Waals surface area (Å²) >= 11 is 0. The van der Waals surface area contributed by atoms with Crippen molar-refractivity contribution in [1.29, 1.82) is 0 Å². The molecule has 0 aliphatic rings. The van der Waals surface area contributed by atoms with Gasteiger partial charge in [-0.25, -0.2) is 4.98 Å². The predicted molar refractivity (Wildman–Crippen MR) is 60.7 cm³/mol. The van der Waals surface area contributed by atoms with Crippen LogP contribution in [0.2, 0.25) is 0 Å². The van der Waals surface area contributed by atoms with E-state index in [1.54, 1.807) is 18.3 Å². The second-order valence-electron chi connectivity index (χ2n) is 3.01. The van der Waals surface area contributed by atoms with Gasteiger partial charge in [-0.15, -0.1) is 12.4 Å². The molecule has 0 radical (unpaired) electrons. The average Bonchev–Trinajstić information content (AvgIpc) is 2.70. The maximum Gasteiger partial charge on any atom is 0.293 e. The number of nitrogens with zero attached hydrogens (tertiary/aromatic N) is 2.